The number of nitrogens with zero attached hydrogens (tertiary/aromatic N) is 3. The van der Waals surface area contributed by atoms with Crippen LogP contribution in [0.2, 0.25) is 0 Å². The van der Waals surface area contributed by atoms with Gasteiger partial charge in [-0.2, -0.15) is 5.10 Å². The third-order valence-electron chi connectivity index (χ3n) is 4.88. The number of rotatable bonds is 4. The van der Waals surface area contributed by atoms with Crippen molar-refractivity contribution >= 4 is 16.7 Å². The third kappa shape index (κ3) is 3.88. The number of hydrogen-bond donors (Lipinski definition) is 2. The molecule has 4 rings (SSSR count). The van der Waals surface area contributed by atoms with E-state index in [9.17, 15) is 9.59 Å². The summed E-state index contributed by atoms with van der Waals surface area (Å²) in [7, 11) is 0. The molecule has 138 valence electrons. The van der Waals surface area contributed by atoms with Crippen LogP contribution in [0.25, 0.3) is 10.8 Å². The highest BCUT2D eigenvalue weighted by Crippen LogP contribution is 2.16. The second-order valence-corrected chi connectivity index (χ2v) is 6.86. The number of hydrogen-bond acceptors (Lipinski definition) is 5. The van der Waals surface area contributed by atoms with E-state index < -0.39 is 0 Å². The van der Waals surface area contributed by atoms with Crippen LogP contribution in [-0.4, -0.2) is 45.1 Å². The summed E-state index contributed by atoms with van der Waals surface area (Å²) in [6.07, 6.45) is 5.59. The Kier molecular flexibility index (Phi) is 4.93. The average molecular weight is 363 g/mol. The average Bonchev–Trinajstić information content (AvgIpc) is 2.69. The lowest BCUT2D eigenvalue weighted by Crippen LogP contribution is -2.47. The van der Waals surface area contributed by atoms with E-state index in [2.05, 4.69) is 31.5 Å². The van der Waals surface area contributed by atoms with E-state index in [0.717, 1.165) is 38.0 Å². The van der Waals surface area contributed by atoms with Crippen molar-refractivity contribution in [2.75, 3.05) is 13.1 Å². The van der Waals surface area contributed by atoms with Crippen LogP contribution in [0.5, 0.6) is 0 Å². The molecule has 3 heterocycles. The van der Waals surface area contributed by atoms with Crippen LogP contribution in [0.3, 0.4) is 0 Å². The maximum absolute atomic E-state index is 12.8. The Hall–Kier alpha value is -3.06. The van der Waals surface area contributed by atoms with Gasteiger partial charge in [-0.15, -0.1) is 0 Å². The lowest BCUT2D eigenvalue weighted by Gasteiger charge is -2.33. The number of aromatic nitrogens is 3. The van der Waals surface area contributed by atoms with Crippen LogP contribution in [0.15, 0.2) is 53.6 Å². The highest BCUT2D eigenvalue weighted by Gasteiger charge is 2.23. The van der Waals surface area contributed by atoms with E-state index in [1.165, 1.54) is 0 Å². The van der Waals surface area contributed by atoms with Crippen LogP contribution >= 0.6 is 0 Å². The third-order valence-corrected chi connectivity index (χ3v) is 4.88. The Morgan fingerprint density at radius 1 is 1.22 bits per heavy atom. The zero-order valence-electron chi connectivity index (χ0n) is 14.9. The maximum Gasteiger partial charge on any atom is 0.272 e. The molecule has 1 atom stereocenters. The van der Waals surface area contributed by atoms with Gasteiger partial charge >= 0.3 is 0 Å². The highest BCUT2D eigenvalue weighted by molar-refractivity contribution is 6.04. The van der Waals surface area contributed by atoms with Crippen molar-refractivity contribution in [2.45, 2.75) is 25.4 Å². The summed E-state index contributed by atoms with van der Waals surface area (Å²) in [4.78, 5) is 31.2. The number of fused-ring (bicyclic) bond motifs is 1. The van der Waals surface area contributed by atoms with Crippen molar-refractivity contribution in [1.29, 1.82) is 0 Å². The summed E-state index contributed by atoms with van der Waals surface area (Å²) in [5.41, 5.74) is 1.13. The number of H-pyrrole nitrogens is 1. The number of benzene rings is 1. The molecule has 2 aromatic heterocycles. The van der Waals surface area contributed by atoms with Crippen molar-refractivity contribution in [1.82, 2.24) is 25.4 Å². The summed E-state index contributed by atoms with van der Waals surface area (Å²) in [6.45, 7) is 2.60. The molecule has 1 unspecified atom stereocenters. The van der Waals surface area contributed by atoms with Crippen molar-refractivity contribution in [3.8, 4) is 0 Å². The van der Waals surface area contributed by atoms with Crippen molar-refractivity contribution in [2.24, 2.45) is 0 Å². The number of nitrogens with one attached hydrogen (secondary N) is 2. The number of likely N-dealkylation sites (tertiary alicyclic amines) is 1. The van der Waals surface area contributed by atoms with Crippen LogP contribution < -0.4 is 10.9 Å². The first-order valence-corrected chi connectivity index (χ1v) is 9.10. The van der Waals surface area contributed by atoms with Gasteiger partial charge in [0, 0.05) is 36.9 Å². The molecule has 27 heavy (non-hydrogen) atoms. The van der Waals surface area contributed by atoms with E-state index in [1.54, 1.807) is 30.5 Å². The lowest BCUT2D eigenvalue weighted by molar-refractivity contribution is 0.0896. The van der Waals surface area contributed by atoms with Gasteiger partial charge in [-0.1, -0.05) is 24.3 Å². The van der Waals surface area contributed by atoms with Gasteiger partial charge in [0.05, 0.1) is 5.39 Å². The normalized spacial score (nSPS) is 17.7. The van der Waals surface area contributed by atoms with E-state index in [0.29, 0.717) is 10.8 Å². The molecule has 0 bridgehead atoms. The van der Waals surface area contributed by atoms with E-state index in [1.807, 2.05) is 12.3 Å². The number of carbonyl (C=O) groups is 1. The largest absolute Gasteiger partial charge is 0.347 e. The number of pyridine rings is 1. The van der Waals surface area contributed by atoms with Gasteiger partial charge in [0.1, 0.15) is 0 Å². The van der Waals surface area contributed by atoms with E-state index in [4.69, 9.17) is 0 Å². The number of piperidine rings is 1. The van der Waals surface area contributed by atoms with E-state index in [-0.39, 0.29) is 23.2 Å². The molecule has 7 heteroatoms. The Bertz CT molecular complexity index is 1000. The van der Waals surface area contributed by atoms with Crippen molar-refractivity contribution in [3.63, 3.8) is 0 Å². The molecule has 1 fully saturated rings. The molecule has 1 amide bonds. The predicted molar refractivity (Wildman–Crippen MR) is 102 cm³/mol. The topological polar surface area (TPSA) is 91.0 Å². The second-order valence-electron chi connectivity index (χ2n) is 6.86. The molecular formula is C20H21N5O2. The molecule has 2 N–H and O–H groups in total. The number of aromatic amines is 1. The van der Waals surface area contributed by atoms with Crippen LogP contribution in [0.1, 0.15) is 28.9 Å². The van der Waals surface area contributed by atoms with Crippen LogP contribution in [0, 0.1) is 0 Å². The molecule has 1 aliphatic rings. The molecule has 3 aromatic rings. The minimum absolute atomic E-state index is 0.0513. The fourth-order valence-corrected chi connectivity index (χ4v) is 3.61. The molecule has 0 saturated carbocycles. The van der Waals surface area contributed by atoms with Gasteiger partial charge in [0.25, 0.3) is 11.5 Å². The first-order valence-electron chi connectivity index (χ1n) is 9.10. The summed E-state index contributed by atoms with van der Waals surface area (Å²) >= 11 is 0. The van der Waals surface area contributed by atoms with Gasteiger partial charge in [-0.25, -0.2) is 5.10 Å². The summed E-state index contributed by atoms with van der Waals surface area (Å²) in [6, 6.07) is 11.1. The molecule has 0 aliphatic carbocycles. The van der Waals surface area contributed by atoms with Gasteiger partial charge < -0.3 is 5.32 Å². The van der Waals surface area contributed by atoms with Gasteiger partial charge in [-0.05, 0) is 37.1 Å². The summed E-state index contributed by atoms with van der Waals surface area (Å²) in [5.74, 6) is -0.254. The van der Waals surface area contributed by atoms with E-state index >= 15 is 0 Å². The zero-order valence-corrected chi connectivity index (χ0v) is 14.9. The van der Waals surface area contributed by atoms with Gasteiger partial charge in [0.15, 0.2) is 5.69 Å². The second kappa shape index (κ2) is 7.67. The van der Waals surface area contributed by atoms with Crippen molar-refractivity contribution < 1.29 is 4.79 Å². The summed E-state index contributed by atoms with van der Waals surface area (Å²) in [5, 5.41) is 10.5. The predicted octanol–water partition coefficient (Wildman–Crippen LogP) is 1.71. The molecule has 0 radical (unpaired) electrons. The monoisotopic (exact) mass is 363 g/mol. The fraction of sp³-hybridized carbons (Fsp3) is 0.300. The Morgan fingerprint density at radius 2 is 2.07 bits per heavy atom. The fourth-order valence-electron chi connectivity index (χ4n) is 3.61. The first-order chi connectivity index (χ1) is 13.2. The minimum Gasteiger partial charge on any atom is -0.347 e. The molecule has 1 aliphatic heterocycles. The first kappa shape index (κ1) is 17.4. The molecule has 7 nitrogen and oxygen atoms in total. The van der Waals surface area contributed by atoms with Gasteiger partial charge in [0.2, 0.25) is 0 Å². The molecular weight excluding hydrogens is 342 g/mol. The van der Waals surface area contributed by atoms with Crippen molar-refractivity contribution in [3.05, 3.63) is 70.4 Å². The van der Waals surface area contributed by atoms with Crippen LogP contribution in [-0.2, 0) is 6.54 Å². The SMILES string of the molecule is O=C(NC1CCCN(Cc2cccnc2)C1)c1n[nH]c(=O)c2ccccc12. The quantitative estimate of drug-likeness (QED) is 0.736. The highest BCUT2D eigenvalue weighted by atomic mass is 16.2. The number of amides is 1. The Balaban J connectivity index is 1.47. The smallest absolute Gasteiger partial charge is 0.272 e. The number of carbonyl (C=O) groups excluding carboxylic acids is 1. The molecule has 0 spiro atoms. The van der Waals surface area contributed by atoms with Gasteiger partial charge in [-0.3, -0.25) is 19.5 Å². The Morgan fingerprint density at radius 3 is 2.89 bits per heavy atom. The standard InChI is InChI=1S/C20H21N5O2/c26-19-17-8-2-1-7-16(17)18(23-24-19)20(27)22-15-6-4-10-25(13-15)12-14-5-3-9-21-11-14/h1-3,5,7-9,11,15H,4,6,10,12-13H2,(H,22,27)(H,24,26). The lowest BCUT2D eigenvalue weighted by atomic mass is 10.0. The Labute approximate surface area is 156 Å². The molecule has 1 aromatic carbocycles. The molecule has 1 saturated heterocycles. The maximum atomic E-state index is 12.8. The van der Waals surface area contributed by atoms with Crippen LogP contribution in [0.4, 0.5) is 0 Å². The minimum atomic E-state index is -0.289. The zero-order chi connectivity index (χ0) is 18.6. The summed E-state index contributed by atoms with van der Waals surface area (Å²) < 4.78 is 0.